The van der Waals surface area contributed by atoms with Crippen LogP contribution in [0.5, 0.6) is 5.75 Å². The first-order chi connectivity index (χ1) is 17.2. The molecule has 0 saturated carbocycles. The van der Waals surface area contributed by atoms with Gasteiger partial charge in [0.25, 0.3) is 5.56 Å². The van der Waals surface area contributed by atoms with Crippen molar-refractivity contribution < 1.29 is 9.53 Å². The molecule has 2 amide bonds. The summed E-state index contributed by atoms with van der Waals surface area (Å²) in [5.74, 6) is 0.699. The lowest BCUT2D eigenvalue weighted by Crippen LogP contribution is -2.39. The number of hydrogen-bond donors (Lipinski definition) is 0. The van der Waals surface area contributed by atoms with E-state index < -0.39 is 0 Å². The number of anilines is 1. The van der Waals surface area contributed by atoms with Crippen LogP contribution in [0.2, 0.25) is 5.02 Å². The quantitative estimate of drug-likeness (QED) is 0.309. The molecule has 0 N–H and O–H groups in total. The van der Waals surface area contributed by atoms with Gasteiger partial charge in [-0.3, -0.25) is 9.69 Å². The molecule has 0 aliphatic heterocycles. The second-order valence-electron chi connectivity index (χ2n) is 9.10. The Kier molecular flexibility index (Phi) is 7.36. The Labute approximate surface area is 216 Å². The molecule has 0 atom stereocenters. The molecule has 0 unspecified atom stereocenters. The molecule has 1 aromatic heterocycles. The molecular weight excluding hydrogens is 474 g/mol. The number of carbonyl (C=O) groups is 1. The van der Waals surface area contributed by atoms with E-state index in [1.807, 2.05) is 74.5 Å². The number of fused-ring (bicyclic) bond motifs is 1. The van der Waals surface area contributed by atoms with Crippen LogP contribution in [0.4, 0.5) is 10.5 Å². The molecular formula is C29H30ClN3O3. The molecule has 0 saturated heterocycles. The third kappa shape index (κ3) is 5.09. The molecule has 6 nitrogen and oxygen atoms in total. The van der Waals surface area contributed by atoms with E-state index in [0.717, 1.165) is 22.2 Å². The molecule has 3 aromatic carbocycles. The smallest absolute Gasteiger partial charge is 0.324 e. The number of carbonyl (C=O) groups excluding carboxylic acids is 1. The van der Waals surface area contributed by atoms with Crippen LogP contribution >= 0.6 is 11.6 Å². The zero-order valence-electron chi connectivity index (χ0n) is 21.2. The fraction of sp³-hybridized carbons (Fsp3) is 0.241. The maximum Gasteiger partial charge on any atom is 0.324 e. The first-order valence-electron chi connectivity index (χ1n) is 11.8. The van der Waals surface area contributed by atoms with Gasteiger partial charge in [0.15, 0.2) is 0 Å². The van der Waals surface area contributed by atoms with Crippen LogP contribution in [-0.2, 0) is 13.6 Å². The predicted molar refractivity (Wildman–Crippen MR) is 147 cm³/mol. The number of amides is 2. The van der Waals surface area contributed by atoms with E-state index in [9.17, 15) is 9.59 Å². The van der Waals surface area contributed by atoms with Crippen LogP contribution in [0, 0.1) is 0 Å². The minimum atomic E-state index is -0.214. The second-order valence-corrected chi connectivity index (χ2v) is 9.54. The SMILES string of the molecule is CC(C)Oc1cccc(N(C)C(=O)N(C)Cc2c(-c3ccccc3)c3cc(Cl)ccc3c(=O)n2C)c1. The second kappa shape index (κ2) is 10.5. The molecule has 36 heavy (non-hydrogen) atoms. The van der Waals surface area contributed by atoms with Crippen molar-refractivity contribution >= 4 is 34.1 Å². The van der Waals surface area contributed by atoms with Crippen molar-refractivity contribution in [2.75, 3.05) is 19.0 Å². The molecule has 7 heteroatoms. The molecule has 0 spiro atoms. The molecule has 1 heterocycles. The summed E-state index contributed by atoms with van der Waals surface area (Å²) < 4.78 is 7.41. The Hall–Kier alpha value is -3.77. The van der Waals surface area contributed by atoms with Crippen LogP contribution in [0.1, 0.15) is 19.5 Å². The fourth-order valence-electron chi connectivity index (χ4n) is 4.34. The summed E-state index contributed by atoms with van der Waals surface area (Å²) in [6.45, 7) is 4.14. The average Bonchev–Trinajstić information content (AvgIpc) is 2.86. The molecule has 0 radical (unpaired) electrons. The molecule has 0 aliphatic rings. The minimum Gasteiger partial charge on any atom is -0.491 e. The minimum absolute atomic E-state index is 0.0306. The van der Waals surface area contributed by atoms with Gasteiger partial charge in [0.2, 0.25) is 0 Å². The summed E-state index contributed by atoms with van der Waals surface area (Å²) in [5.41, 5.74) is 3.13. The third-order valence-electron chi connectivity index (χ3n) is 6.12. The lowest BCUT2D eigenvalue weighted by molar-refractivity contribution is 0.214. The Balaban J connectivity index is 1.75. The summed E-state index contributed by atoms with van der Waals surface area (Å²) in [6, 6.07) is 22.4. The van der Waals surface area contributed by atoms with Gasteiger partial charge in [0.05, 0.1) is 12.6 Å². The van der Waals surface area contributed by atoms with Crippen molar-refractivity contribution in [3.8, 4) is 16.9 Å². The van der Waals surface area contributed by atoms with Gasteiger partial charge in [-0.05, 0) is 55.1 Å². The summed E-state index contributed by atoms with van der Waals surface area (Å²) in [6.07, 6.45) is 0.0306. The number of pyridine rings is 1. The predicted octanol–water partition coefficient (Wildman–Crippen LogP) is 6.33. The van der Waals surface area contributed by atoms with E-state index in [1.54, 1.807) is 47.6 Å². The zero-order chi connectivity index (χ0) is 26.0. The number of urea groups is 1. The van der Waals surface area contributed by atoms with Crippen molar-refractivity contribution in [1.82, 2.24) is 9.47 Å². The number of benzene rings is 3. The van der Waals surface area contributed by atoms with E-state index in [-0.39, 0.29) is 24.2 Å². The molecule has 0 fully saturated rings. The van der Waals surface area contributed by atoms with E-state index in [0.29, 0.717) is 21.8 Å². The van der Waals surface area contributed by atoms with Crippen LogP contribution in [0.3, 0.4) is 0 Å². The molecule has 4 rings (SSSR count). The van der Waals surface area contributed by atoms with E-state index in [4.69, 9.17) is 16.3 Å². The van der Waals surface area contributed by atoms with Crippen molar-refractivity contribution in [3.63, 3.8) is 0 Å². The molecule has 0 bridgehead atoms. The zero-order valence-corrected chi connectivity index (χ0v) is 21.9. The highest BCUT2D eigenvalue weighted by Crippen LogP contribution is 2.33. The topological polar surface area (TPSA) is 54.8 Å². The first kappa shape index (κ1) is 25.3. The van der Waals surface area contributed by atoms with Gasteiger partial charge in [-0.2, -0.15) is 0 Å². The largest absolute Gasteiger partial charge is 0.491 e. The maximum absolute atomic E-state index is 13.4. The fourth-order valence-corrected chi connectivity index (χ4v) is 4.52. The number of rotatable bonds is 6. The van der Waals surface area contributed by atoms with Crippen molar-refractivity contribution in [2.45, 2.75) is 26.5 Å². The highest BCUT2D eigenvalue weighted by atomic mass is 35.5. The Morgan fingerprint density at radius 1 is 0.972 bits per heavy atom. The summed E-state index contributed by atoms with van der Waals surface area (Å²) in [4.78, 5) is 29.9. The van der Waals surface area contributed by atoms with E-state index >= 15 is 0 Å². The van der Waals surface area contributed by atoms with Crippen molar-refractivity contribution in [3.05, 3.63) is 93.9 Å². The first-order valence-corrected chi connectivity index (χ1v) is 12.2. The Morgan fingerprint density at radius 2 is 1.69 bits per heavy atom. The number of halogens is 1. The van der Waals surface area contributed by atoms with E-state index in [2.05, 4.69) is 0 Å². The third-order valence-corrected chi connectivity index (χ3v) is 6.35. The van der Waals surface area contributed by atoms with Gasteiger partial charge in [-0.25, -0.2) is 4.79 Å². The Bertz CT molecular complexity index is 1460. The van der Waals surface area contributed by atoms with Gasteiger partial charge in [0.1, 0.15) is 5.75 Å². The summed E-state index contributed by atoms with van der Waals surface area (Å²) in [7, 11) is 5.20. The van der Waals surface area contributed by atoms with Crippen molar-refractivity contribution in [2.24, 2.45) is 7.05 Å². The monoisotopic (exact) mass is 503 g/mol. The number of hydrogen-bond acceptors (Lipinski definition) is 3. The van der Waals surface area contributed by atoms with Crippen LogP contribution in [0.25, 0.3) is 21.9 Å². The maximum atomic E-state index is 13.4. The van der Waals surface area contributed by atoms with Crippen molar-refractivity contribution in [1.29, 1.82) is 0 Å². The standard InChI is InChI=1S/C29H30ClN3O3/c1-19(2)36-23-13-9-12-22(17-23)32(4)29(35)31(3)18-26-27(20-10-7-6-8-11-20)25-16-21(30)14-15-24(25)28(34)33(26)5/h6-17,19H,18H2,1-5H3. The molecule has 0 aliphatic carbocycles. The summed E-state index contributed by atoms with van der Waals surface area (Å²) >= 11 is 6.34. The lowest BCUT2D eigenvalue weighted by Gasteiger charge is -2.27. The highest BCUT2D eigenvalue weighted by molar-refractivity contribution is 6.31. The van der Waals surface area contributed by atoms with Gasteiger partial charge < -0.3 is 14.2 Å². The van der Waals surface area contributed by atoms with E-state index in [1.165, 1.54) is 0 Å². The van der Waals surface area contributed by atoms with Crippen LogP contribution in [-0.4, -0.2) is 35.7 Å². The van der Waals surface area contributed by atoms with Gasteiger partial charge in [-0.15, -0.1) is 0 Å². The molecule has 4 aromatic rings. The van der Waals surface area contributed by atoms with Crippen LogP contribution < -0.4 is 15.2 Å². The average molecular weight is 504 g/mol. The normalized spacial score (nSPS) is 11.1. The van der Waals surface area contributed by atoms with Gasteiger partial charge in [0, 0.05) is 54.6 Å². The van der Waals surface area contributed by atoms with Crippen LogP contribution in [0.15, 0.2) is 77.6 Å². The van der Waals surface area contributed by atoms with Gasteiger partial charge >= 0.3 is 6.03 Å². The van der Waals surface area contributed by atoms with Gasteiger partial charge in [-0.1, -0.05) is 48.0 Å². The number of ether oxygens (including phenoxy) is 1. The number of nitrogens with zero attached hydrogens (tertiary/aromatic N) is 3. The highest BCUT2D eigenvalue weighted by Gasteiger charge is 2.22. The molecule has 186 valence electrons. The number of aromatic nitrogens is 1. The lowest BCUT2D eigenvalue weighted by atomic mass is 9.96. The summed E-state index contributed by atoms with van der Waals surface area (Å²) in [5, 5.41) is 1.89. The Morgan fingerprint density at radius 3 is 2.39 bits per heavy atom.